The number of amides is 1. The van der Waals surface area contributed by atoms with Crippen LogP contribution in [0.3, 0.4) is 0 Å². The Hall–Kier alpha value is -0.740. The molecule has 0 fully saturated rings. The molecule has 0 aliphatic heterocycles. The smallest absolute Gasteiger partial charge is 0.238 e. The molecular formula is C13H24N2OS. The fourth-order valence-electron chi connectivity index (χ4n) is 1.23. The van der Waals surface area contributed by atoms with Crippen molar-refractivity contribution >= 4 is 18.5 Å². The van der Waals surface area contributed by atoms with Crippen LogP contribution in [0.1, 0.15) is 33.6 Å². The fourth-order valence-corrected chi connectivity index (χ4v) is 1.40. The fraction of sp³-hybridized carbons (Fsp3) is 0.615. The van der Waals surface area contributed by atoms with Crippen LogP contribution in [0, 0.1) is 0 Å². The zero-order chi connectivity index (χ0) is 13.3. The van der Waals surface area contributed by atoms with Crippen LogP contribution < -0.4 is 11.1 Å². The lowest BCUT2D eigenvalue weighted by Gasteiger charge is -2.08. The highest BCUT2D eigenvalue weighted by molar-refractivity contribution is 7.80. The van der Waals surface area contributed by atoms with E-state index in [1.807, 2.05) is 6.08 Å². The van der Waals surface area contributed by atoms with Gasteiger partial charge < -0.3 is 11.1 Å². The highest BCUT2D eigenvalue weighted by Crippen LogP contribution is 2.05. The van der Waals surface area contributed by atoms with Gasteiger partial charge in [-0.3, -0.25) is 4.79 Å². The standard InChI is InChI=1S/C13H24N2OS/c1-10(2)5-4-6-11(3)7-8-15-13(16)12(14)9-17/h5,7,12,17H,4,6,8-9,14H2,1-3H3,(H,15,16)/b11-7+/t12-/m0/s1. The summed E-state index contributed by atoms with van der Waals surface area (Å²) in [5.41, 5.74) is 8.15. The highest BCUT2D eigenvalue weighted by atomic mass is 32.1. The molecule has 0 saturated carbocycles. The largest absolute Gasteiger partial charge is 0.351 e. The molecule has 0 aromatic rings. The van der Waals surface area contributed by atoms with Gasteiger partial charge in [0.15, 0.2) is 0 Å². The molecule has 0 bridgehead atoms. The van der Waals surface area contributed by atoms with Gasteiger partial charge in [0, 0.05) is 12.3 Å². The van der Waals surface area contributed by atoms with Crippen LogP contribution in [-0.4, -0.2) is 24.2 Å². The van der Waals surface area contributed by atoms with E-state index in [4.69, 9.17) is 5.73 Å². The van der Waals surface area contributed by atoms with Crippen molar-refractivity contribution in [2.45, 2.75) is 39.7 Å². The van der Waals surface area contributed by atoms with E-state index < -0.39 is 6.04 Å². The molecule has 3 nitrogen and oxygen atoms in total. The molecule has 0 unspecified atom stereocenters. The Kier molecular flexibility index (Phi) is 8.90. The molecule has 1 atom stereocenters. The molecule has 0 radical (unpaired) electrons. The number of thiol groups is 1. The topological polar surface area (TPSA) is 55.1 Å². The van der Waals surface area contributed by atoms with Crippen molar-refractivity contribution in [1.82, 2.24) is 5.32 Å². The van der Waals surface area contributed by atoms with Crippen molar-refractivity contribution in [3.8, 4) is 0 Å². The van der Waals surface area contributed by atoms with Gasteiger partial charge in [-0.25, -0.2) is 0 Å². The molecule has 0 spiro atoms. The molecule has 98 valence electrons. The van der Waals surface area contributed by atoms with E-state index in [-0.39, 0.29) is 5.91 Å². The summed E-state index contributed by atoms with van der Waals surface area (Å²) in [6, 6.07) is -0.516. The maximum Gasteiger partial charge on any atom is 0.238 e. The van der Waals surface area contributed by atoms with Crippen molar-refractivity contribution in [2.75, 3.05) is 12.3 Å². The molecule has 3 N–H and O–H groups in total. The van der Waals surface area contributed by atoms with Gasteiger partial charge in [0.25, 0.3) is 0 Å². The van der Waals surface area contributed by atoms with E-state index >= 15 is 0 Å². The quantitative estimate of drug-likeness (QED) is 0.482. The van der Waals surface area contributed by atoms with Gasteiger partial charge in [0.05, 0.1) is 6.04 Å². The van der Waals surface area contributed by atoms with Crippen LogP contribution in [0.5, 0.6) is 0 Å². The number of allylic oxidation sites excluding steroid dienone is 3. The van der Waals surface area contributed by atoms with E-state index in [0.29, 0.717) is 12.3 Å². The first kappa shape index (κ1) is 16.3. The monoisotopic (exact) mass is 256 g/mol. The van der Waals surface area contributed by atoms with Crippen LogP contribution in [0.4, 0.5) is 0 Å². The van der Waals surface area contributed by atoms with Gasteiger partial charge in [-0.15, -0.1) is 0 Å². The van der Waals surface area contributed by atoms with Crippen molar-refractivity contribution in [2.24, 2.45) is 5.73 Å². The zero-order valence-electron chi connectivity index (χ0n) is 11.0. The normalized spacial score (nSPS) is 13.1. The molecule has 0 rings (SSSR count). The first-order valence-electron chi connectivity index (χ1n) is 5.90. The Morgan fingerprint density at radius 3 is 2.53 bits per heavy atom. The number of nitrogens with one attached hydrogen (secondary N) is 1. The summed E-state index contributed by atoms with van der Waals surface area (Å²) < 4.78 is 0. The lowest BCUT2D eigenvalue weighted by molar-refractivity contribution is -0.121. The van der Waals surface area contributed by atoms with Crippen LogP contribution >= 0.6 is 12.6 Å². The second-order valence-electron chi connectivity index (χ2n) is 4.40. The predicted molar refractivity (Wildman–Crippen MR) is 77.3 cm³/mol. The second-order valence-corrected chi connectivity index (χ2v) is 4.77. The van der Waals surface area contributed by atoms with Crippen LogP contribution in [0.2, 0.25) is 0 Å². The third kappa shape index (κ3) is 9.01. The van der Waals surface area contributed by atoms with Gasteiger partial charge in [-0.2, -0.15) is 12.6 Å². The minimum absolute atomic E-state index is 0.145. The van der Waals surface area contributed by atoms with E-state index in [0.717, 1.165) is 12.8 Å². The Morgan fingerprint density at radius 2 is 2.00 bits per heavy atom. The lowest BCUT2D eigenvalue weighted by Crippen LogP contribution is -2.41. The summed E-state index contributed by atoms with van der Waals surface area (Å²) in [6.07, 6.45) is 6.32. The minimum Gasteiger partial charge on any atom is -0.351 e. The van der Waals surface area contributed by atoms with E-state index in [1.54, 1.807) is 0 Å². The Bertz CT molecular complexity index is 294. The molecule has 0 aliphatic carbocycles. The van der Waals surface area contributed by atoms with Crippen molar-refractivity contribution in [1.29, 1.82) is 0 Å². The van der Waals surface area contributed by atoms with E-state index in [1.165, 1.54) is 11.1 Å². The number of nitrogens with two attached hydrogens (primary N) is 1. The maximum atomic E-state index is 11.3. The molecule has 0 aromatic carbocycles. The van der Waals surface area contributed by atoms with Crippen molar-refractivity contribution in [3.63, 3.8) is 0 Å². The maximum absolute atomic E-state index is 11.3. The predicted octanol–water partition coefficient (Wildman–Crippen LogP) is 2.05. The summed E-state index contributed by atoms with van der Waals surface area (Å²) in [5, 5.41) is 2.76. The lowest BCUT2D eigenvalue weighted by atomic mass is 10.1. The Balaban J connectivity index is 3.84. The third-order valence-electron chi connectivity index (χ3n) is 2.35. The Morgan fingerprint density at radius 1 is 1.35 bits per heavy atom. The average Bonchev–Trinajstić information content (AvgIpc) is 2.27. The zero-order valence-corrected chi connectivity index (χ0v) is 11.9. The molecule has 17 heavy (non-hydrogen) atoms. The van der Waals surface area contributed by atoms with Crippen LogP contribution in [0.15, 0.2) is 23.3 Å². The summed E-state index contributed by atoms with van der Waals surface area (Å²) in [4.78, 5) is 11.3. The highest BCUT2D eigenvalue weighted by Gasteiger charge is 2.08. The summed E-state index contributed by atoms with van der Waals surface area (Å²) >= 11 is 3.98. The first-order valence-corrected chi connectivity index (χ1v) is 6.53. The summed E-state index contributed by atoms with van der Waals surface area (Å²) in [6.45, 7) is 6.81. The second kappa shape index (κ2) is 9.31. The van der Waals surface area contributed by atoms with Crippen LogP contribution in [0.25, 0.3) is 0 Å². The molecule has 0 aromatic heterocycles. The molecule has 4 heteroatoms. The van der Waals surface area contributed by atoms with Gasteiger partial charge in [-0.1, -0.05) is 23.3 Å². The first-order chi connectivity index (χ1) is 7.97. The van der Waals surface area contributed by atoms with Crippen LogP contribution in [-0.2, 0) is 4.79 Å². The SMILES string of the molecule is CC(C)=CCC/C(C)=C/CNC(=O)[C@@H](N)CS. The van der Waals surface area contributed by atoms with Gasteiger partial charge in [0.2, 0.25) is 5.91 Å². The van der Waals surface area contributed by atoms with E-state index in [9.17, 15) is 4.79 Å². The van der Waals surface area contributed by atoms with E-state index in [2.05, 4.69) is 44.8 Å². The Labute approximate surface area is 110 Å². The molecule has 0 heterocycles. The molecular weight excluding hydrogens is 232 g/mol. The van der Waals surface area contributed by atoms with Gasteiger partial charge in [-0.05, 0) is 33.6 Å². The average molecular weight is 256 g/mol. The van der Waals surface area contributed by atoms with Crippen molar-refractivity contribution < 1.29 is 4.79 Å². The number of hydrogen-bond donors (Lipinski definition) is 3. The molecule has 0 saturated heterocycles. The van der Waals surface area contributed by atoms with Gasteiger partial charge >= 0.3 is 0 Å². The minimum atomic E-state index is -0.516. The number of hydrogen-bond acceptors (Lipinski definition) is 3. The summed E-state index contributed by atoms with van der Waals surface area (Å²) in [5.74, 6) is 0.225. The molecule has 1 amide bonds. The number of rotatable bonds is 7. The third-order valence-corrected chi connectivity index (χ3v) is 2.74. The number of carbonyl (C=O) groups excluding carboxylic acids is 1. The summed E-state index contributed by atoms with van der Waals surface area (Å²) in [7, 11) is 0. The number of carbonyl (C=O) groups is 1. The molecule has 0 aliphatic rings. The van der Waals surface area contributed by atoms with Crippen molar-refractivity contribution in [3.05, 3.63) is 23.3 Å². The van der Waals surface area contributed by atoms with Gasteiger partial charge in [0.1, 0.15) is 0 Å².